The lowest BCUT2D eigenvalue weighted by molar-refractivity contribution is -0.143. The fourth-order valence-corrected chi connectivity index (χ4v) is 6.52. The minimum Gasteiger partial charge on any atom is -0.447 e. The number of anilines is 3. The number of carbonyl (C=O) groups is 1. The molecule has 2 aliphatic carbocycles. The average molecular weight is 761 g/mol. The monoisotopic (exact) mass is 760 g/mol. The normalized spacial score (nSPS) is 16.4. The second-order valence-electron chi connectivity index (χ2n) is 15.1. The van der Waals surface area contributed by atoms with Gasteiger partial charge in [-0.1, -0.05) is 13.8 Å². The molecule has 0 N–H and O–H groups in total. The van der Waals surface area contributed by atoms with Gasteiger partial charge < -0.3 is 14.5 Å². The maximum absolute atomic E-state index is 13.9. The lowest BCUT2D eigenvalue weighted by Crippen LogP contribution is -2.32. The summed E-state index contributed by atoms with van der Waals surface area (Å²) in [7, 11) is 0. The van der Waals surface area contributed by atoms with Gasteiger partial charge in [0.05, 0.1) is 47.0 Å². The summed E-state index contributed by atoms with van der Waals surface area (Å²) >= 11 is 0. The minimum atomic E-state index is -5.01. The van der Waals surface area contributed by atoms with Crippen molar-refractivity contribution < 1.29 is 35.9 Å². The van der Waals surface area contributed by atoms with Crippen LogP contribution in [0, 0.1) is 18.8 Å². The number of amides is 1. The van der Waals surface area contributed by atoms with Crippen molar-refractivity contribution >= 4 is 34.6 Å². The van der Waals surface area contributed by atoms with Crippen LogP contribution >= 0.6 is 0 Å². The number of nitrogens with zero attached hydrogens (tertiary/aromatic N) is 8. The van der Waals surface area contributed by atoms with Crippen molar-refractivity contribution in [3.05, 3.63) is 64.6 Å². The van der Waals surface area contributed by atoms with Gasteiger partial charge in [0.15, 0.2) is 5.65 Å². The molecule has 1 amide bonds. The average Bonchev–Trinajstić information content (AvgIpc) is 4.04. The Labute approximate surface area is 310 Å². The van der Waals surface area contributed by atoms with Gasteiger partial charge in [0, 0.05) is 37.1 Å². The number of ether oxygens (including phenoxy) is 1. The first-order valence-corrected chi connectivity index (χ1v) is 18.4. The number of benzene rings is 1. The summed E-state index contributed by atoms with van der Waals surface area (Å²) in [4.78, 5) is 31.6. The molecule has 10 nitrogen and oxygen atoms in total. The topological polar surface area (TPSA) is 92.5 Å². The Morgan fingerprint density at radius 1 is 0.833 bits per heavy atom. The van der Waals surface area contributed by atoms with Crippen LogP contribution in [0.15, 0.2) is 36.7 Å². The number of hydrogen-bond donors (Lipinski definition) is 0. The number of halogens is 6. The molecule has 1 aliphatic heterocycles. The van der Waals surface area contributed by atoms with E-state index >= 15 is 0 Å². The molecule has 0 unspecified atom stereocenters. The number of hydrogen-bond acceptors (Lipinski definition) is 8. The van der Waals surface area contributed by atoms with Gasteiger partial charge in [0.2, 0.25) is 5.95 Å². The van der Waals surface area contributed by atoms with Crippen LogP contribution in [-0.4, -0.2) is 57.1 Å². The van der Waals surface area contributed by atoms with Gasteiger partial charge in [-0.2, -0.15) is 31.4 Å². The van der Waals surface area contributed by atoms with Crippen molar-refractivity contribution in [1.82, 2.24) is 24.7 Å². The van der Waals surface area contributed by atoms with Crippen molar-refractivity contribution in [1.29, 1.82) is 0 Å². The van der Waals surface area contributed by atoms with Gasteiger partial charge in [-0.25, -0.2) is 24.4 Å². The Morgan fingerprint density at radius 3 is 1.89 bits per heavy atom. The lowest BCUT2D eigenvalue weighted by atomic mass is 10.0. The van der Waals surface area contributed by atoms with Crippen molar-refractivity contribution in [2.75, 3.05) is 40.9 Å². The Hall–Kier alpha value is -4.63. The van der Waals surface area contributed by atoms with Crippen LogP contribution in [-0.2, 0) is 35.7 Å². The molecule has 1 aromatic carbocycles. The van der Waals surface area contributed by atoms with Gasteiger partial charge in [0.25, 0.3) is 0 Å². The van der Waals surface area contributed by atoms with E-state index in [9.17, 15) is 31.1 Å². The lowest BCUT2D eigenvalue weighted by Gasteiger charge is -2.30. The fraction of sp³-hybridized carbons (Fsp3) is 0.553. The third-order valence-electron chi connectivity index (χ3n) is 9.55. The number of carbonyl (C=O) groups excluding carboxylic acids is 1. The molecule has 3 aromatic heterocycles. The van der Waals surface area contributed by atoms with Gasteiger partial charge in [-0.05, 0) is 95.0 Å². The molecule has 0 atom stereocenters. The van der Waals surface area contributed by atoms with Gasteiger partial charge in [-0.15, -0.1) is 0 Å². The standard InChI is InChI=1S/C36H40F6N8O2.C2H6/c1-21-29-13-25(30(45-31(29)50(46-21)34(2,3)4)47(17-22-5-6-22)18-23-7-8-23)20-48(32-43-15-28(16-44-32)49-9-10-52-33(49)51)19-24-11-26(35(37,38)39)14-27(12-24)36(40,41)42;1-2/h11-16,22-23H,5-10,17-20H2,1-4H3;1-2H3. The number of aromatic nitrogens is 5. The van der Waals surface area contributed by atoms with E-state index < -0.39 is 29.6 Å². The van der Waals surface area contributed by atoms with E-state index in [1.54, 1.807) is 4.90 Å². The number of rotatable bonds is 11. The molecule has 292 valence electrons. The highest BCUT2D eigenvalue weighted by molar-refractivity contribution is 5.89. The molecule has 1 saturated heterocycles. The third-order valence-corrected chi connectivity index (χ3v) is 9.55. The van der Waals surface area contributed by atoms with Crippen molar-refractivity contribution in [2.24, 2.45) is 11.8 Å². The first kappa shape index (κ1) is 39.1. The summed E-state index contributed by atoms with van der Waals surface area (Å²) in [5, 5.41) is 5.60. The molecular formula is C38H46F6N8O2. The number of alkyl halides is 6. The maximum Gasteiger partial charge on any atom is 0.416 e. The SMILES string of the molecule is CC.Cc1nn(C(C)(C)C)c2nc(N(CC3CC3)CC3CC3)c(CN(Cc3cc(C(F)(F)F)cc(C(F)(F)F)c3)c3ncc(N4CCOC4=O)cn3)cc12. The Bertz CT molecular complexity index is 1920. The van der Waals surface area contributed by atoms with E-state index in [1.807, 2.05) is 52.3 Å². The van der Waals surface area contributed by atoms with Crippen LogP contribution in [0.5, 0.6) is 0 Å². The highest BCUT2D eigenvalue weighted by Gasteiger charge is 2.38. The number of pyridine rings is 1. The number of cyclic esters (lactones) is 1. The van der Waals surface area contributed by atoms with E-state index in [1.165, 1.54) is 17.3 Å². The van der Waals surface area contributed by atoms with Crippen LogP contribution in [0.2, 0.25) is 0 Å². The van der Waals surface area contributed by atoms with Crippen LogP contribution in [0.4, 0.5) is 48.6 Å². The second-order valence-corrected chi connectivity index (χ2v) is 15.1. The zero-order valence-corrected chi connectivity index (χ0v) is 31.4. The molecule has 4 aromatic rings. The molecule has 2 saturated carbocycles. The van der Waals surface area contributed by atoms with Gasteiger partial charge in [0.1, 0.15) is 12.4 Å². The largest absolute Gasteiger partial charge is 0.447 e. The van der Waals surface area contributed by atoms with Crippen molar-refractivity contribution in [2.45, 2.75) is 98.2 Å². The molecule has 3 aliphatic rings. The first-order chi connectivity index (χ1) is 25.4. The zero-order valence-electron chi connectivity index (χ0n) is 31.4. The molecule has 4 heterocycles. The molecule has 16 heteroatoms. The Kier molecular flexibility index (Phi) is 10.8. The van der Waals surface area contributed by atoms with E-state index in [2.05, 4.69) is 14.9 Å². The van der Waals surface area contributed by atoms with E-state index in [0.29, 0.717) is 34.6 Å². The number of fused-ring (bicyclic) bond motifs is 1. The van der Waals surface area contributed by atoms with E-state index in [0.717, 1.165) is 62.0 Å². The molecule has 0 bridgehead atoms. The van der Waals surface area contributed by atoms with Crippen LogP contribution < -0.4 is 14.7 Å². The molecule has 54 heavy (non-hydrogen) atoms. The van der Waals surface area contributed by atoms with Crippen LogP contribution in [0.3, 0.4) is 0 Å². The van der Waals surface area contributed by atoms with E-state index in [4.69, 9.17) is 14.8 Å². The van der Waals surface area contributed by atoms with E-state index in [-0.39, 0.29) is 49.4 Å². The summed E-state index contributed by atoms with van der Waals surface area (Å²) in [5.41, 5.74) is -0.943. The molecule has 0 spiro atoms. The summed E-state index contributed by atoms with van der Waals surface area (Å²) in [6.45, 7) is 13.6. The second kappa shape index (κ2) is 14.9. The van der Waals surface area contributed by atoms with Crippen LogP contribution in [0.25, 0.3) is 11.0 Å². The maximum atomic E-state index is 13.9. The molecule has 3 fully saturated rings. The molecule has 7 rings (SSSR count). The van der Waals surface area contributed by atoms with Crippen LogP contribution in [0.1, 0.15) is 88.2 Å². The van der Waals surface area contributed by atoms with Gasteiger partial charge >= 0.3 is 18.4 Å². The highest BCUT2D eigenvalue weighted by Crippen LogP contribution is 2.40. The Morgan fingerprint density at radius 2 is 1.41 bits per heavy atom. The smallest absolute Gasteiger partial charge is 0.416 e. The molecule has 0 radical (unpaired) electrons. The zero-order chi connectivity index (χ0) is 39.2. The minimum absolute atomic E-state index is 0.00689. The van der Waals surface area contributed by atoms with Crippen molar-refractivity contribution in [3.63, 3.8) is 0 Å². The summed E-state index contributed by atoms with van der Waals surface area (Å²) in [5.74, 6) is 1.76. The predicted octanol–water partition coefficient (Wildman–Crippen LogP) is 9.14. The third kappa shape index (κ3) is 8.84. The Balaban J connectivity index is 0.00000245. The highest BCUT2D eigenvalue weighted by atomic mass is 19.4. The first-order valence-electron chi connectivity index (χ1n) is 18.4. The predicted molar refractivity (Wildman–Crippen MR) is 193 cm³/mol. The number of aryl methyl sites for hydroxylation is 1. The molecular weight excluding hydrogens is 714 g/mol. The quantitative estimate of drug-likeness (QED) is 0.140. The summed E-state index contributed by atoms with van der Waals surface area (Å²) < 4.78 is 90.5. The van der Waals surface area contributed by atoms with Gasteiger partial charge in [-0.3, -0.25) is 4.90 Å². The van der Waals surface area contributed by atoms with Crippen molar-refractivity contribution in [3.8, 4) is 0 Å². The summed E-state index contributed by atoms with van der Waals surface area (Å²) in [6, 6.07) is 3.55. The fourth-order valence-electron chi connectivity index (χ4n) is 6.52. The summed E-state index contributed by atoms with van der Waals surface area (Å²) in [6.07, 6.45) is -3.40.